The number of hydrogen-bond donors (Lipinski definition) is 0. The summed E-state index contributed by atoms with van der Waals surface area (Å²) in [6.07, 6.45) is 3.75. The van der Waals surface area contributed by atoms with E-state index < -0.39 is 22.3 Å². The molecule has 1 heterocycles. The summed E-state index contributed by atoms with van der Waals surface area (Å²) < 4.78 is 50.0. The fraction of sp³-hybridized carbons (Fsp3) is 0.483. The highest BCUT2D eigenvalue weighted by Gasteiger charge is 2.33. The number of amides is 1. The average molecular weight is 546 g/mol. The summed E-state index contributed by atoms with van der Waals surface area (Å²) in [5.74, 6) is -0.197. The molecule has 2 aromatic rings. The van der Waals surface area contributed by atoms with Gasteiger partial charge in [0.1, 0.15) is 12.7 Å². The fourth-order valence-electron chi connectivity index (χ4n) is 4.04. The molecule has 0 spiro atoms. The lowest BCUT2D eigenvalue weighted by Gasteiger charge is -2.32. The highest BCUT2D eigenvalue weighted by molar-refractivity contribution is 7.86. The molecule has 0 radical (unpaired) electrons. The number of likely N-dealkylation sites (N-methyl/N-ethyl adjacent to an activating group) is 1. The molecule has 0 N–H and O–H groups in total. The molecule has 0 bridgehead atoms. The van der Waals surface area contributed by atoms with Crippen molar-refractivity contribution in [3.8, 4) is 0 Å². The Balaban J connectivity index is 1.79. The Morgan fingerprint density at radius 2 is 1.58 bits per heavy atom. The number of carbonyl (C=O) groups is 1. The van der Waals surface area contributed by atoms with Crippen molar-refractivity contribution < 1.29 is 31.6 Å². The monoisotopic (exact) mass is 545 g/mol. The van der Waals surface area contributed by atoms with Crippen LogP contribution in [0.3, 0.4) is 0 Å². The second-order valence-electron chi connectivity index (χ2n) is 9.59. The summed E-state index contributed by atoms with van der Waals surface area (Å²) in [4.78, 5) is 13.7. The topological polar surface area (TPSA) is 91.4 Å². The number of carbonyl (C=O) groups excluding carboxylic acids is 1. The van der Waals surface area contributed by atoms with Crippen molar-refractivity contribution in [2.75, 3.05) is 27.3 Å². The van der Waals surface area contributed by atoms with Crippen molar-refractivity contribution >= 4 is 16.0 Å². The van der Waals surface area contributed by atoms with Gasteiger partial charge in [-0.1, -0.05) is 67.1 Å². The van der Waals surface area contributed by atoms with Gasteiger partial charge in [-0.25, -0.2) is 0 Å². The van der Waals surface area contributed by atoms with Crippen LogP contribution in [0.1, 0.15) is 37.3 Å². The summed E-state index contributed by atoms with van der Waals surface area (Å²) in [6, 6.07) is 16.4. The quantitative estimate of drug-likeness (QED) is 0.308. The van der Waals surface area contributed by atoms with Crippen LogP contribution in [-0.4, -0.2) is 70.9 Å². The Morgan fingerprint density at radius 3 is 2.18 bits per heavy atom. The third-order valence-corrected chi connectivity index (χ3v) is 7.70. The van der Waals surface area contributed by atoms with Gasteiger partial charge < -0.3 is 19.1 Å². The van der Waals surface area contributed by atoms with E-state index in [1.54, 1.807) is 26.2 Å². The molecule has 2 aromatic carbocycles. The zero-order valence-corrected chi connectivity index (χ0v) is 23.4. The lowest BCUT2D eigenvalue weighted by Crippen LogP contribution is -2.43. The Labute approximate surface area is 226 Å². The fourth-order valence-corrected chi connectivity index (χ4v) is 4.95. The Bertz CT molecular complexity index is 1130. The van der Waals surface area contributed by atoms with E-state index in [-0.39, 0.29) is 36.2 Å². The predicted molar refractivity (Wildman–Crippen MR) is 145 cm³/mol. The van der Waals surface area contributed by atoms with Gasteiger partial charge in [-0.3, -0.25) is 8.98 Å². The van der Waals surface area contributed by atoms with Crippen LogP contribution in [0, 0.1) is 6.92 Å². The van der Waals surface area contributed by atoms with Crippen molar-refractivity contribution in [1.29, 1.82) is 0 Å². The first kappa shape index (κ1) is 30.0. The Morgan fingerprint density at radius 1 is 0.947 bits per heavy atom. The molecule has 1 aliphatic heterocycles. The molecule has 3 rings (SSSR count). The van der Waals surface area contributed by atoms with Gasteiger partial charge in [0.15, 0.2) is 0 Å². The van der Waals surface area contributed by atoms with Gasteiger partial charge in [0.25, 0.3) is 10.1 Å². The third kappa shape index (κ3) is 9.03. The maximum absolute atomic E-state index is 12.9. The van der Waals surface area contributed by atoms with Crippen molar-refractivity contribution in [3.63, 3.8) is 0 Å². The zero-order chi connectivity index (χ0) is 27.5. The van der Waals surface area contributed by atoms with Gasteiger partial charge in [0, 0.05) is 14.1 Å². The van der Waals surface area contributed by atoms with Crippen LogP contribution in [0.15, 0.2) is 71.6 Å². The van der Waals surface area contributed by atoms with E-state index in [1.165, 1.54) is 17.0 Å². The molecule has 1 amide bonds. The van der Waals surface area contributed by atoms with Gasteiger partial charge >= 0.3 is 0 Å². The molecule has 208 valence electrons. The minimum atomic E-state index is -4.02. The van der Waals surface area contributed by atoms with Crippen LogP contribution in [0.25, 0.3) is 0 Å². The number of aryl methyl sites for hydroxylation is 1. The van der Waals surface area contributed by atoms with E-state index >= 15 is 0 Å². The molecule has 0 aliphatic carbocycles. The SMILES string of the molecule is CC[C@@H]1O[C@@H](COS(=O)(=O)c2ccc(C)cc2)[C@@H](OCC(=O)N(C)C)C/C=C\C[C@@H]1OCc1ccccc1. The van der Waals surface area contributed by atoms with E-state index in [0.717, 1.165) is 11.1 Å². The van der Waals surface area contributed by atoms with Crippen molar-refractivity contribution in [2.45, 2.75) is 69.0 Å². The van der Waals surface area contributed by atoms with Crippen molar-refractivity contribution in [3.05, 3.63) is 77.9 Å². The van der Waals surface area contributed by atoms with E-state index in [9.17, 15) is 13.2 Å². The number of benzene rings is 2. The second kappa shape index (κ2) is 14.6. The van der Waals surface area contributed by atoms with Crippen LogP contribution >= 0.6 is 0 Å². The van der Waals surface area contributed by atoms with Gasteiger partial charge in [-0.2, -0.15) is 8.42 Å². The maximum Gasteiger partial charge on any atom is 0.297 e. The highest BCUT2D eigenvalue weighted by Crippen LogP contribution is 2.24. The number of hydrogen-bond acceptors (Lipinski definition) is 7. The zero-order valence-electron chi connectivity index (χ0n) is 22.6. The van der Waals surface area contributed by atoms with Gasteiger partial charge in [-0.15, -0.1) is 0 Å². The van der Waals surface area contributed by atoms with Gasteiger partial charge in [-0.05, 0) is 43.9 Å². The lowest BCUT2D eigenvalue weighted by atomic mass is 10.1. The molecule has 0 saturated carbocycles. The first-order valence-electron chi connectivity index (χ1n) is 12.9. The number of ether oxygens (including phenoxy) is 3. The maximum atomic E-state index is 12.9. The molecule has 9 heteroatoms. The Hall–Kier alpha value is -2.56. The molecule has 0 fully saturated rings. The van der Waals surface area contributed by atoms with Crippen LogP contribution < -0.4 is 0 Å². The third-order valence-electron chi connectivity index (χ3n) is 6.41. The summed E-state index contributed by atoms with van der Waals surface area (Å²) >= 11 is 0. The molecule has 38 heavy (non-hydrogen) atoms. The minimum absolute atomic E-state index is 0.0717. The summed E-state index contributed by atoms with van der Waals surface area (Å²) in [5.41, 5.74) is 2.00. The molecular weight excluding hydrogens is 506 g/mol. The molecule has 8 nitrogen and oxygen atoms in total. The second-order valence-corrected chi connectivity index (χ2v) is 11.2. The number of rotatable bonds is 11. The molecule has 1 aliphatic rings. The molecule has 0 saturated heterocycles. The lowest BCUT2D eigenvalue weighted by molar-refractivity contribution is -0.160. The predicted octanol–water partition coefficient (Wildman–Crippen LogP) is 4.27. The Kier molecular flexibility index (Phi) is 11.5. The first-order valence-corrected chi connectivity index (χ1v) is 14.3. The van der Waals surface area contributed by atoms with E-state index in [2.05, 4.69) is 0 Å². The summed E-state index contributed by atoms with van der Waals surface area (Å²) in [5, 5.41) is 0. The van der Waals surface area contributed by atoms with Crippen molar-refractivity contribution in [2.24, 2.45) is 0 Å². The van der Waals surface area contributed by atoms with E-state index in [0.29, 0.717) is 25.9 Å². The normalized spacial score (nSPS) is 23.2. The van der Waals surface area contributed by atoms with Crippen LogP contribution in [0.2, 0.25) is 0 Å². The van der Waals surface area contributed by atoms with Crippen LogP contribution in [-0.2, 0) is 39.9 Å². The van der Waals surface area contributed by atoms with Gasteiger partial charge in [0.2, 0.25) is 5.91 Å². The average Bonchev–Trinajstić information content (AvgIpc) is 2.99. The van der Waals surface area contributed by atoms with Gasteiger partial charge in [0.05, 0.1) is 36.4 Å². The number of nitrogens with zero attached hydrogens (tertiary/aromatic N) is 1. The van der Waals surface area contributed by atoms with Crippen molar-refractivity contribution in [1.82, 2.24) is 4.90 Å². The minimum Gasteiger partial charge on any atom is -0.371 e. The summed E-state index contributed by atoms with van der Waals surface area (Å²) in [6.45, 7) is 3.90. The molecular formula is C29H39NO7S. The standard InChI is InChI=1S/C29H39NO7S/c1-5-25-26(34-19-23-11-7-6-8-12-23)13-9-10-14-27(35-21-29(31)30(3)4)28(37-25)20-36-38(32,33)24-17-15-22(2)16-18-24/h6-12,15-18,25-28H,5,13-14,19-21H2,1-4H3/b10-9-/t25-,26-,27-,28-/m0/s1. The first-order chi connectivity index (χ1) is 18.2. The van der Waals surface area contributed by atoms with Crippen LogP contribution in [0.4, 0.5) is 0 Å². The highest BCUT2D eigenvalue weighted by atomic mass is 32.2. The molecule has 0 aromatic heterocycles. The van der Waals surface area contributed by atoms with Crippen LogP contribution in [0.5, 0.6) is 0 Å². The molecule has 0 unspecified atom stereocenters. The smallest absolute Gasteiger partial charge is 0.297 e. The van der Waals surface area contributed by atoms with E-state index in [4.69, 9.17) is 18.4 Å². The summed E-state index contributed by atoms with van der Waals surface area (Å²) in [7, 11) is -0.710. The largest absolute Gasteiger partial charge is 0.371 e. The van der Waals surface area contributed by atoms with E-state index in [1.807, 2.05) is 56.3 Å². The molecule has 4 atom stereocenters.